The van der Waals surface area contributed by atoms with E-state index in [9.17, 15) is 0 Å². The van der Waals surface area contributed by atoms with Gasteiger partial charge in [0.15, 0.2) is 7.05 Å². The predicted molar refractivity (Wildman–Crippen MR) is 77.3 cm³/mol. The minimum atomic E-state index is 0.850. The summed E-state index contributed by atoms with van der Waals surface area (Å²) >= 11 is 0. The molecule has 0 atom stereocenters. The third kappa shape index (κ3) is 2.30. The van der Waals surface area contributed by atoms with Gasteiger partial charge in [-0.2, -0.15) is 0 Å². The molecule has 0 N–H and O–H groups in total. The molecule has 100 valence electrons. The fraction of sp³-hybridized carbons (Fsp3) is 0.118. The van der Waals surface area contributed by atoms with Crippen LogP contribution in [0.1, 0.15) is 0 Å². The molecule has 0 bridgehead atoms. The molecule has 0 amide bonds. The maximum atomic E-state index is 5.80. The van der Waals surface area contributed by atoms with E-state index in [1.807, 2.05) is 61.6 Å². The molecule has 2 aromatic carbocycles. The van der Waals surface area contributed by atoms with Gasteiger partial charge in [0, 0.05) is 5.56 Å². The Morgan fingerprint density at radius 1 is 0.900 bits per heavy atom. The summed E-state index contributed by atoms with van der Waals surface area (Å²) in [6.07, 6.45) is 0. The van der Waals surface area contributed by atoms with Crippen LogP contribution in [0.15, 0.2) is 65.2 Å². The summed E-state index contributed by atoms with van der Waals surface area (Å²) in [4.78, 5) is 0. The molecule has 0 saturated carbocycles. The van der Waals surface area contributed by atoms with Crippen molar-refractivity contribution in [1.82, 2.24) is 0 Å². The molecule has 0 saturated heterocycles. The normalized spacial score (nSPS) is 10.5. The second-order valence-corrected chi connectivity index (χ2v) is 4.58. The Bertz CT molecular complexity index is 700. The third-order valence-corrected chi connectivity index (χ3v) is 3.29. The highest BCUT2D eigenvalue weighted by Gasteiger charge is 2.18. The van der Waals surface area contributed by atoms with Crippen molar-refractivity contribution in [3.63, 3.8) is 0 Å². The first kappa shape index (κ1) is 12.5. The van der Waals surface area contributed by atoms with E-state index in [2.05, 4.69) is 6.07 Å². The quantitative estimate of drug-likeness (QED) is 0.679. The summed E-state index contributed by atoms with van der Waals surface area (Å²) < 4.78 is 12.8. The molecule has 0 aliphatic heterocycles. The molecule has 3 rings (SSSR count). The lowest BCUT2D eigenvalue weighted by atomic mass is 10.1. The molecule has 20 heavy (non-hydrogen) atoms. The molecule has 3 aromatic rings. The standard InChI is InChI=1S/C17H16NO2/c1-18-16(13-8-10-15(19-2)11-9-13)12-17(20-18)14-6-4-3-5-7-14/h3-12H,1-2H3/q+1. The Balaban J connectivity index is 2.00. The number of methoxy groups -OCH3 is 1. The third-order valence-electron chi connectivity index (χ3n) is 3.29. The summed E-state index contributed by atoms with van der Waals surface area (Å²) in [6, 6.07) is 20.1. The summed E-state index contributed by atoms with van der Waals surface area (Å²) in [5, 5.41) is 0. The number of rotatable bonds is 3. The highest BCUT2D eigenvalue weighted by Crippen LogP contribution is 2.25. The van der Waals surface area contributed by atoms with E-state index in [4.69, 9.17) is 9.26 Å². The number of aryl methyl sites for hydroxylation is 1. The van der Waals surface area contributed by atoms with Crippen molar-refractivity contribution in [3.8, 4) is 28.3 Å². The lowest BCUT2D eigenvalue weighted by Crippen LogP contribution is -2.26. The summed E-state index contributed by atoms with van der Waals surface area (Å²) in [7, 11) is 3.58. The van der Waals surface area contributed by atoms with E-state index in [1.165, 1.54) is 0 Å². The van der Waals surface area contributed by atoms with Gasteiger partial charge in [0.1, 0.15) is 5.75 Å². The average Bonchev–Trinajstić information content (AvgIpc) is 2.90. The van der Waals surface area contributed by atoms with Crippen LogP contribution in [0.3, 0.4) is 0 Å². The predicted octanol–water partition coefficient (Wildman–Crippen LogP) is 3.45. The Kier molecular flexibility index (Phi) is 3.25. The zero-order valence-electron chi connectivity index (χ0n) is 11.5. The zero-order valence-corrected chi connectivity index (χ0v) is 11.5. The molecule has 0 aliphatic carbocycles. The Hall–Kier alpha value is -2.55. The average molecular weight is 266 g/mol. The first-order valence-electron chi connectivity index (χ1n) is 6.48. The van der Waals surface area contributed by atoms with E-state index in [-0.39, 0.29) is 0 Å². The SMILES string of the molecule is COc1ccc(-c2cc(-c3ccccc3)o[n+]2C)cc1. The van der Waals surface area contributed by atoms with Crippen LogP contribution in [-0.2, 0) is 7.05 Å². The number of hydrogen-bond donors (Lipinski definition) is 0. The molecule has 1 aromatic heterocycles. The smallest absolute Gasteiger partial charge is 0.262 e. The molecule has 0 unspecified atom stereocenters. The van der Waals surface area contributed by atoms with Gasteiger partial charge >= 0.3 is 0 Å². The van der Waals surface area contributed by atoms with Gasteiger partial charge in [0.05, 0.1) is 18.7 Å². The number of ether oxygens (including phenoxy) is 1. The summed E-state index contributed by atoms with van der Waals surface area (Å²) in [6.45, 7) is 0. The number of nitrogens with zero attached hydrogens (tertiary/aromatic N) is 1. The maximum absolute atomic E-state index is 5.80. The van der Waals surface area contributed by atoms with Gasteiger partial charge in [-0.05, 0) is 29.0 Å². The van der Waals surface area contributed by atoms with Crippen molar-refractivity contribution in [2.75, 3.05) is 7.11 Å². The van der Waals surface area contributed by atoms with Crippen molar-refractivity contribution < 1.29 is 14.0 Å². The summed E-state index contributed by atoms with van der Waals surface area (Å²) in [5.41, 5.74) is 3.20. The van der Waals surface area contributed by atoms with Crippen LogP contribution in [-0.4, -0.2) is 7.11 Å². The van der Waals surface area contributed by atoms with Gasteiger partial charge in [0.2, 0.25) is 5.76 Å². The van der Waals surface area contributed by atoms with Crippen LogP contribution in [0, 0.1) is 0 Å². The topological polar surface area (TPSA) is 26.2 Å². The van der Waals surface area contributed by atoms with Crippen LogP contribution >= 0.6 is 0 Å². The molecule has 0 radical (unpaired) electrons. The fourth-order valence-corrected chi connectivity index (χ4v) is 2.20. The number of hydrogen-bond acceptors (Lipinski definition) is 2. The molecular weight excluding hydrogens is 250 g/mol. The van der Waals surface area contributed by atoms with Crippen molar-refractivity contribution in [3.05, 3.63) is 60.7 Å². The Labute approximate surface area is 118 Å². The fourth-order valence-electron chi connectivity index (χ4n) is 2.20. The zero-order chi connectivity index (χ0) is 13.9. The van der Waals surface area contributed by atoms with E-state index in [0.29, 0.717) is 0 Å². The van der Waals surface area contributed by atoms with E-state index in [1.54, 1.807) is 11.8 Å². The highest BCUT2D eigenvalue weighted by atomic mass is 16.5. The Morgan fingerprint density at radius 2 is 1.60 bits per heavy atom. The Morgan fingerprint density at radius 3 is 2.25 bits per heavy atom. The number of benzene rings is 2. The second kappa shape index (κ2) is 5.21. The van der Waals surface area contributed by atoms with Crippen molar-refractivity contribution in [2.45, 2.75) is 0 Å². The highest BCUT2D eigenvalue weighted by molar-refractivity contribution is 5.65. The van der Waals surface area contributed by atoms with Crippen molar-refractivity contribution >= 4 is 0 Å². The van der Waals surface area contributed by atoms with E-state index >= 15 is 0 Å². The van der Waals surface area contributed by atoms with Crippen LogP contribution < -0.4 is 9.48 Å². The van der Waals surface area contributed by atoms with Gasteiger partial charge in [-0.3, -0.25) is 0 Å². The van der Waals surface area contributed by atoms with E-state index < -0.39 is 0 Å². The van der Waals surface area contributed by atoms with Gasteiger partial charge in [0.25, 0.3) is 5.69 Å². The lowest BCUT2D eigenvalue weighted by molar-refractivity contribution is -0.834. The second-order valence-electron chi connectivity index (χ2n) is 4.58. The van der Waals surface area contributed by atoms with Crippen molar-refractivity contribution in [1.29, 1.82) is 0 Å². The van der Waals surface area contributed by atoms with Gasteiger partial charge in [-0.25, -0.2) is 4.52 Å². The maximum Gasteiger partial charge on any atom is 0.262 e. The van der Waals surface area contributed by atoms with Crippen LogP contribution in [0.4, 0.5) is 0 Å². The number of aromatic nitrogens is 1. The minimum Gasteiger partial charge on any atom is -0.497 e. The van der Waals surface area contributed by atoms with Gasteiger partial charge < -0.3 is 4.74 Å². The van der Waals surface area contributed by atoms with Gasteiger partial charge in [-0.1, -0.05) is 30.3 Å². The molecule has 0 aliphatic rings. The first-order chi connectivity index (χ1) is 9.78. The largest absolute Gasteiger partial charge is 0.497 e. The lowest BCUT2D eigenvalue weighted by Gasteiger charge is -1.98. The van der Waals surface area contributed by atoms with Crippen LogP contribution in [0.25, 0.3) is 22.6 Å². The molecular formula is C17H16NO2+. The van der Waals surface area contributed by atoms with Crippen LogP contribution in [0.5, 0.6) is 5.75 Å². The molecule has 0 spiro atoms. The van der Waals surface area contributed by atoms with Gasteiger partial charge in [-0.15, -0.1) is 0 Å². The molecule has 1 heterocycles. The summed E-state index contributed by atoms with van der Waals surface area (Å²) in [5.74, 6) is 1.71. The van der Waals surface area contributed by atoms with Crippen LogP contribution in [0.2, 0.25) is 0 Å². The van der Waals surface area contributed by atoms with Crippen molar-refractivity contribution in [2.24, 2.45) is 7.05 Å². The monoisotopic (exact) mass is 266 g/mol. The molecule has 3 heteroatoms. The molecule has 3 nitrogen and oxygen atoms in total. The minimum absolute atomic E-state index is 0.850. The molecule has 0 fully saturated rings. The van der Waals surface area contributed by atoms with E-state index in [0.717, 1.165) is 28.3 Å². The first-order valence-corrected chi connectivity index (χ1v) is 6.48.